The van der Waals surface area contributed by atoms with Crippen LogP contribution in [0.3, 0.4) is 0 Å². The van der Waals surface area contributed by atoms with Gasteiger partial charge in [0.2, 0.25) is 5.13 Å². The Bertz CT molecular complexity index is 863. The molecule has 2 aromatic rings. The normalized spacial score (nSPS) is 17.3. The predicted octanol–water partition coefficient (Wildman–Crippen LogP) is 2.84. The molecule has 0 saturated carbocycles. The molecule has 1 aromatic heterocycles. The molecular formula is C22H34IN7OS. The van der Waals surface area contributed by atoms with Crippen LogP contribution in [0, 0.1) is 0 Å². The Balaban J connectivity index is 0.00000289. The maximum atomic E-state index is 5.52. The van der Waals surface area contributed by atoms with E-state index in [4.69, 9.17) is 9.73 Å². The zero-order valence-electron chi connectivity index (χ0n) is 19.0. The van der Waals surface area contributed by atoms with E-state index in [0.29, 0.717) is 6.54 Å². The summed E-state index contributed by atoms with van der Waals surface area (Å²) in [6.45, 7) is 12.9. The number of guanidine groups is 1. The third kappa shape index (κ3) is 6.22. The molecule has 0 atom stereocenters. The average molecular weight is 572 g/mol. The summed E-state index contributed by atoms with van der Waals surface area (Å²) in [6, 6.07) is 8.61. The number of piperazine rings is 1. The first-order chi connectivity index (χ1) is 15.3. The molecular weight excluding hydrogens is 537 g/mol. The molecule has 2 aliphatic heterocycles. The molecule has 0 spiro atoms. The zero-order valence-corrected chi connectivity index (χ0v) is 22.1. The number of aryl methyl sites for hydroxylation is 1. The van der Waals surface area contributed by atoms with E-state index in [9.17, 15) is 0 Å². The van der Waals surface area contributed by atoms with Crippen molar-refractivity contribution in [2.24, 2.45) is 4.99 Å². The van der Waals surface area contributed by atoms with Crippen LogP contribution < -0.4 is 15.1 Å². The molecule has 1 aromatic carbocycles. The number of hydrogen-bond acceptors (Lipinski definition) is 7. The molecule has 8 nitrogen and oxygen atoms in total. The van der Waals surface area contributed by atoms with Gasteiger partial charge in [0.1, 0.15) is 5.82 Å². The highest BCUT2D eigenvalue weighted by atomic mass is 127. The van der Waals surface area contributed by atoms with Gasteiger partial charge in [-0.05, 0) is 18.6 Å². The van der Waals surface area contributed by atoms with Crippen LogP contribution in [0.25, 0.3) is 0 Å². The number of benzene rings is 1. The Morgan fingerprint density at radius 2 is 1.81 bits per heavy atom. The monoisotopic (exact) mass is 571 g/mol. The lowest BCUT2D eigenvalue weighted by atomic mass is 10.1. The number of anilines is 2. The Kier molecular flexibility index (Phi) is 9.79. The maximum absolute atomic E-state index is 5.52. The van der Waals surface area contributed by atoms with E-state index in [1.165, 1.54) is 22.8 Å². The zero-order chi connectivity index (χ0) is 21.5. The topological polar surface area (TPSA) is 69.1 Å². The quantitative estimate of drug-likeness (QED) is 0.325. The molecule has 10 heteroatoms. The van der Waals surface area contributed by atoms with Gasteiger partial charge in [-0.1, -0.05) is 25.1 Å². The van der Waals surface area contributed by atoms with Gasteiger partial charge >= 0.3 is 0 Å². The van der Waals surface area contributed by atoms with Crippen molar-refractivity contribution in [1.82, 2.24) is 19.6 Å². The van der Waals surface area contributed by atoms with Crippen molar-refractivity contribution in [2.75, 3.05) is 68.8 Å². The number of hydrogen-bond donors (Lipinski definition) is 1. The standard InChI is InChI=1S/C22H33N7OS.HI/c1-3-20-25-22(31-26-20)29-11-9-28(10-12-29)21(23-4-2)24-17-18-7-5-6-8-19(18)27-13-15-30-16-14-27;/h5-8H,3-4,9-17H2,1-2H3,(H,23,24);1H. The van der Waals surface area contributed by atoms with E-state index >= 15 is 0 Å². The third-order valence-electron chi connectivity index (χ3n) is 5.70. The summed E-state index contributed by atoms with van der Waals surface area (Å²) in [7, 11) is 0. The number of aliphatic imine (C=N–C) groups is 1. The molecule has 2 saturated heterocycles. The number of aromatic nitrogens is 2. The number of rotatable bonds is 6. The first kappa shape index (κ1) is 25.0. The molecule has 1 N–H and O–H groups in total. The number of nitrogens with one attached hydrogen (secondary N) is 1. The second-order valence-corrected chi connectivity index (χ2v) is 8.45. The minimum atomic E-state index is 0. The van der Waals surface area contributed by atoms with E-state index in [1.54, 1.807) is 0 Å². The number of nitrogens with zero attached hydrogens (tertiary/aromatic N) is 6. The van der Waals surface area contributed by atoms with Gasteiger partial charge in [0, 0.05) is 69.5 Å². The molecule has 0 radical (unpaired) electrons. The first-order valence-electron chi connectivity index (χ1n) is 11.3. The van der Waals surface area contributed by atoms with Crippen LogP contribution in [0.4, 0.5) is 10.8 Å². The smallest absolute Gasteiger partial charge is 0.205 e. The number of ether oxygens (including phenoxy) is 1. The van der Waals surface area contributed by atoms with Crippen LogP contribution in [0.2, 0.25) is 0 Å². The molecule has 4 rings (SSSR count). The summed E-state index contributed by atoms with van der Waals surface area (Å²) >= 11 is 1.51. The van der Waals surface area contributed by atoms with Gasteiger partial charge in [0.25, 0.3) is 0 Å². The molecule has 0 amide bonds. The van der Waals surface area contributed by atoms with Crippen LogP contribution >= 0.6 is 35.5 Å². The first-order valence-corrected chi connectivity index (χ1v) is 12.1. The molecule has 176 valence electrons. The SMILES string of the molecule is CCNC(=NCc1ccccc1N1CCOCC1)N1CCN(c2nc(CC)ns2)CC1.I. The number of para-hydroxylation sites is 1. The van der Waals surface area contributed by atoms with Gasteiger partial charge in [-0.25, -0.2) is 9.98 Å². The number of halogens is 1. The fourth-order valence-electron chi connectivity index (χ4n) is 3.97. The molecule has 2 aliphatic rings. The van der Waals surface area contributed by atoms with Gasteiger partial charge in [0.15, 0.2) is 5.96 Å². The van der Waals surface area contributed by atoms with Crippen LogP contribution in [0.1, 0.15) is 25.2 Å². The van der Waals surface area contributed by atoms with Crippen molar-refractivity contribution >= 4 is 52.3 Å². The maximum Gasteiger partial charge on any atom is 0.205 e. The van der Waals surface area contributed by atoms with Crippen LogP contribution in [0.15, 0.2) is 29.3 Å². The second-order valence-electron chi connectivity index (χ2n) is 7.72. The van der Waals surface area contributed by atoms with E-state index in [-0.39, 0.29) is 24.0 Å². The highest BCUT2D eigenvalue weighted by molar-refractivity contribution is 14.0. The Hall–Kier alpha value is -1.66. The molecule has 32 heavy (non-hydrogen) atoms. The van der Waals surface area contributed by atoms with Crippen LogP contribution in [-0.2, 0) is 17.7 Å². The van der Waals surface area contributed by atoms with Crippen molar-refractivity contribution in [3.63, 3.8) is 0 Å². The molecule has 0 bridgehead atoms. The fourth-order valence-corrected chi connectivity index (χ4v) is 4.77. The third-order valence-corrected chi connectivity index (χ3v) is 6.52. The Labute approximate surface area is 212 Å². The second kappa shape index (κ2) is 12.5. The van der Waals surface area contributed by atoms with Gasteiger partial charge < -0.3 is 24.8 Å². The summed E-state index contributed by atoms with van der Waals surface area (Å²) in [5.41, 5.74) is 2.54. The summed E-state index contributed by atoms with van der Waals surface area (Å²) in [5, 5.41) is 4.53. The van der Waals surface area contributed by atoms with E-state index in [0.717, 1.165) is 82.4 Å². The summed E-state index contributed by atoms with van der Waals surface area (Å²) in [4.78, 5) is 16.8. The summed E-state index contributed by atoms with van der Waals surface area (Å²) in [5.74, 6) is 1.93. The van der Waals surface area contributed by atoms with Gasteiger partial charge in [-0.15, -0.1) is 24.0 Å². The predicted molar refractivity (Wildman–Crippen MR) is 143 cm³/mol. The Morgan fingerprint density at radius 3 is 2.50 bits per heavy atom. The summed E-state index contributed by atoms with van der Waals surface area (Å²) in [6.07, 6.45) is 0.889. The average Bonchev–Trinajstić information content (AvgIpc) is 3.32. The van der Waals surface area contributed by atoms with E-state index in [1.807, 2.05) is 0 Å². The summed E-state index contributed by atoms with van der Waals surface area (Å²) < 4.78 is 9.95. The van der Waals surface area contributed by atoms with Crippen LogP contribution in [-0.4, -0.2) is 79.2 Å². The fraction of sp³-hybridized carbons (Fsp3) is 0.591. The van der Waals surface area contributed by atoms with E-state index in [2.05, 4.69) is 67.5 Å². The van der Waals surface area contributed by atoms with Crippen molar-refractivity contribution in [3.05, 3.63) is 35.7 Å². The minimum absolute atomic E-state index is 0. The Morgan fingerprint density at radius 1 is 1.06 bits per heavy atom. The van der Waals surface area contributed by atoms with E-state index < -0.39 is 0 Å². The lowest BCUT2D eigenvalue weighted by molar-refractivity contribution is 0.122. The van der Waals surface area contributed by atoms with Gasteiger partial charge in [0.05, 0.1) is 19.8 Å². The van der Waals surface area contributed by atoms with Gasteiger partial charge in [-0.3, -0.25) is 0 Å². The van der Waals surface area contributed by atoms with Crippen molar-refractivity contribution in [3.8, 4) is 0 Å². The molecule has 3 heterocycles. The number of morpholine rings is 1. The largest absolute Gasteiger partial charge is 0.378 e. The van der Waals surface area contributed by atoms with Crippen molar-refractivity contribution in [2.45, 2.75) is 26.8 Å². The minimum Gasteiger partial charge on any atom is -0.378 e. The van der Waals surface area contributed by atoms with Gasteiger partial charge in [-0.2, -0.15) is 4.37 Å². The van der Waals surface area contributed by atoms with Crippen molar-refractivity contribution in [1.29, 1.82) is 0 Å². The lowest BCUT2D eigenvalue weighted by Gasteiger charge is -2.36. The van der Waals surface area contributed by atoms with Crippen molar-refractivity contribution < 1.29 is 4.74 Å². The molecule has 0 aliphatic carbocycles. The van der Waals surface area contributed by atoms with Crippen LogP contribution in [0.5, 0.6) is 0 Å². The lowest BCUT2D eigenvalue weighted by Crippen LogP contribution is -2.52. The molecule has 2 fully saturated rings. The molecule has 0 unspecified atom stereocenters. The highest BCUT2D eigenvalue weighted by Crippen LogP contribution is 2.23. The highest BCUT2D eigenvalue weighted by Gasteiger charge is 2.22.